The second kappa shape index (κ2) is 7.47. The van der Waals surface area contributed by atoms with E-state index in [0.29, 0.717) is 5.16 Å². The largest absolute Gasteiger partial charge is 0.467 e. The number of nitrogens with one attached hydrogen (secondary N) is 2. The van der Waals surface area contributed by atoms with Gasteiger partial charge in [-0.25, -0.2) is 4.98 Å². The van der Waals surface area contributed by atoms with E-state index in [9.17, 15) is 4.79 Å². The zero-order valence-electron chi connectivity index (χ0n) is 12.5. The first-order chi connectivity index (χ1) is 11.2. The fourth-order valence-electron chi connectivity index (χ4n) is 2.02. The summed E-state index contributed by atoms with van der Waals surface area (Å²) < 4.78 is 5.26. The van der Waals surface area contributed by atoms with Crippen LogP contribution in [0, 0.1) is 0 Å². The molecular weight excluding hydrogens is 332 g/mol. The molecule has 3 heterocycles. The van der Waals surface area contributed by atoms with Gasteiger partial charge in [-0.2, -0.15) is 0 Å². The van der Waals surface area contributed by atoms with Crippen LogP contribution in [0.2, 0.25) is 0 Å². The summed E-state index contributed by atoms with van der Waals surface area (Å²) in [5.74, 6) is 1.73. The zero-order chi connectivity index (χ0) is 16.1. The molecule has 0 aliphatic carbocycles. The van der Waals surface area contributed by atoms with Crippen LogP contribution >= 0.6 is 23.1 Å². The number of aromatic amines is 1. The van der Waals surface area contributed by atoms with Crippen LogP contribution < -0.4 is 5.32 Å². The number of H-pyrrole nitrogens is 1. The summed E-state index contributed by atoms with van der Waals surface area (Å²) in [4.78, 5) is 17.6. The molecule has 0 spiro atoms. The number of carbonyl (C=O) groups is 1. The third-order valence-corrected chi connectivity index (χ3v) is 4.84. The minimum Gasteiger partial charge on any atom is -0.467 e. The van der Waals surface area contributed by atoms with Gasteiger partial charge in [0.15, 0.2) is 0 Å². The molecule has 0 aromatic carbocycles. The topological polar surface area (TPSA) is 83.8 Å². The molecule has 0 fully saturated rings. The van der Waals surface area contributed by atoms with Crippen molar-refractivity contribution in [2.24, 2.45) is 0 Å². The van der Waals surface area contributed by atoms with Crippen LogP contribution in [-0.2, 0) is 11.2 Å². The van der Waals surface area contributed by atoms with E-state index in [1.807, 2.05) is 24.4 Å². The molecule has 0 saturated carbocycles. The highest BCUT2D eigenvalue weighted by Crippen LogP contribution is 2.17. The summed E-state index contributed by atoms with van der Waals surface area (Å²) in [6.07, 6.45) is 2.32. The normalized spacial score (nSPS) is 12.2. The Kier molecular flexibility index (Phi) is 5.14. The van der Waals surface area contributed by atoms with Crippen molar-refractivity contribution >= 4 is 29.0 Å². The van der Waals surface area contributed by atoms with Gasteiger partial charge in [-0.05, 0) is 30.5 Å². The highest BCUT2D eigenvalue weighted by molar-refractivity contribution is 7.99. The van der Waals surface area contributed by atoms with Crippen molar-refractivity contribution < 1.29 is 9.21 Å². The molecule has 23 heavy (non-hydrogen) atoms. The first-order valence-corrected chi connectivity index (χ1v) is 8.96. The van der Waals surface area contributed by atoms with Crippen LogP contribution in [0.15, 0.2) is 45.5 Å². The molecule has 3 aromatic rings. The minimum atomic E-state index is -0.153. The van der Waals surface area contributed by atoms with Crippen LogP contribution in [0.4, 0.5) is 0 Å². The standard InChI is InChI=1S/C15H16N4O2S2/c1-10(12-5-2-6-21-12)16-14(20)9-23-15-17-13(18-19-15)8-11-4-3-7-22-11/h2-7,10H,8-9H2,1H3,(H,16,20)(H,17,18,19). The quantitative estimate of drug-likeness (QED) is 0.641. The Balaban J connectivity index is 1.46. The molecule has 2 N–H and O–H groups in total. The number of amides is 1. The Morgan fingerprint density at radius 2 is 2.39 bits per heavy atom. The van der Waals surface area contributed by atoms with Gasteiger partial charge in [-0.15, -0.1) is 16.4 Å². The van der Waals surface area contributed by atoms with Gasteiger partial charge in [-0.3, -0.25) is 9.89 Å². The molecule has 0 aliphatic heterocycles. The van der Waals surface area contributed by atoms with Gasteiger partial charge in [0, 0.05) is 11.3 Å². The fraction of sp³-hybridized carbons (Fsp3) is 0.267. The first kappa shape index (κ1) is 15.8. The third kappa shape index (κ3) is 4.46. The van der Waals surface area contributed by atoms with Gasteiger partial charge in [0.1, 0.15) is 11.6 Å². The molecule has 0 bridgehead atoms. The monoisotopic (exact) mass is 348 g/mol. The van der Waals surface area contributed by atoms with E-state index in [0.717, 1.165) is 18.0 Å². The van der Waals surface area contributed by atoms with Gasteiger partial charge in [-0.1, -0.05) is 17.8 Å². The Bertz CT molecular complexity index is 737. The van der Waals surface area contributed by atoms with Crippen LogP contribution in [0.3, 0.4) is 0 Å². The van der Waals surface area contributed by atoms with E-state index >= 15 is 0 Å². The third-order valence-electron chi connectivity index (χ3n) is 3.11. The Labute approximate surface area is 141 Å². The van der Waals surface area contributed by atoms with Crippen molar-refractivity contribution in [1.29, 1.82) is 0 Å². The summed E-state index contributed by atoms with van der Waals surface area (Å²) in [5, 5.41) is 12.5. The summed E-state index contributed by atoms with van der Waals surface area (Å²) >= 11 is 2.99. The molecule has 1 amide bonds. The van der Waals surface area contributed by atoms with E-state index in [2.05, 4.69) is 26.6 Å². The molecule has 3 aromatic heterocycles. The van der Waals surface area contributed by atoms with Gasteiger partial charge >= 0.3 is 0 Å². The molecule has 1 atom stereocenters. The molecular formula is C15H16N4O2S2. The molecule has 0 saturated heterocycles. The summed E-state index contributed by atoms with van der Waals surface area (Å²) in [6, 6.07) is 7.55. The molecule has 3 rings (SSSR count). The Morgan fingerprint density at radius 1 is 1.48 bits per heavy atom. The van der Waals surface area contributed by atoms with Gasteiger partial charge < -0.3 is 9.73 Å². The van der Waals surface area contributed by atoms with Crippen LogP contribution in [0.1, 0.15) is 29.4 Å². The molecule has 0 radical (unpaired) electrons. The van der Waals surface area contributed by atoms with Crippen molar-refractivity contribution in [3.63, 3.8) is 0 Å². The van der Waals surface area contributed by atoms with Gasteiger partial charge in [0.2, 0.25) is 11.1 Å². The molecule has 8 heteroatoms. The average Bonchev–Trinajstić information content (AvgIpc) is 3.28. The smallest absolute Gasteiger partial charge is 0.231 e. The van der Waals surface area contributed by atoms with Crippen molar-refractivity contribution in [1.82, 2.24) is 20.5 Å². The van der Waals surface area contributed by atoms with Crippen molar-refractivity contribution in [3.05, 3.63) is 52.4 Å². The molecule has 0 aliphatic rings. The number of hydrogen-bond acceptors (Lipinski definition) is 6. The van der Waals surface area contributed by atoms with Crippen molar-refractivity contribution in [2.45, 2.75) is 24.5 Å². The first-order valence-electron chi connectivity index (χ1n) is 7.10. The number of rotatable bonds is 7. The maximum Gasteiger partial charge on any atom is 0.231 e. The lowest BCUT2D eigenvalue weighted by atomic mass is 10.2. The number of nitrogens with zero attached hydrogens (tertiary/aromatic N) is 2. The Hall–Kier alpha value is -2.06. The SMILES string of the molecule is CC(NC(=O)CSc1n[nH]c(Cc2cccs2)n1)c1ccco1. The van der Waals surface area contributed by atoms with E-state index in [-0.39, 0.29) is 17.7 Å². The lowest BCUT2D eigenvalue weighted by molar-refractivity contribution is -0.119. The zero-order valence-corrected chi connectivity index (χ0v) is 14.1. The van der Waals surface area contributed by atoms with Crippen LogP contribution in [0.25, 0.3) is 0 Å². The highest BCUT2D eigenvalue weighted by atomic mass is 32.2. The minimum absolute atomic E-state index is 0.0801. The van der Waals surface area contributed by atoms with Gasteiger partial charge in [0.05, 0.1) is 18.1 Å². The number of hydrogen-bond donors (Lipinski definition) is 2. The van der Waals surface area contributed by atoms with E-state index < -0.39 is 0 Å². The molecule has 120 valence electrons. The second-order valence-corrected chi connectivity index (χ2v) is 6.89. The van der Waals surface area contributed by atoms with Crippen molar-refractivity contribution in [2.75, 3.05) is 5.75 Å². The van der Waals surface area contributed by atoms with E-state index in [1.165, 1.54) is 16.6 Å². The summed E-state index contributed by atoms with van der Waals surface area (Å²) in [5.41, 5.74) is 0. The van der Waals surface area contributed by atoms with E-state index in [1.54, 1.807) is 23.7 Å². The van der Waals surface area contributed by atoms with Crippen LogP contribution in [-0.4, -0.2) is 26.8 Å². The predicted octanol–water partition coefficient (Wildman–Crippen LogP) is 3.02. The second-order valence-electron chi connectivity index (χ2n) is 4.91. The molecule has 6 nitrogen and oxygen atoms in total. The average molecular weight is 348 g/mol. The lowest BCUT2D eigenvalue weighted by Crippen LogP contribution is -2.27. The predicted molar refractivity (Wildman–Crippen MR) is 89.5 cm³/mol. The Morgan fingerprint density at radius 3 is 3.13 bits per heavy atom. The number of furan rings is 1. The molecule has 1 unspecified atom stereocenters. The fourth-order valence-corrected chi connectivity index (χ4v) is 3.36. The maximum absolute atomic E-state index is 11.9. The lowest BCUT2D eigenvalue weighted by Gasteiger charge is -2.10. The summed E-state index contributed by atoms with van der Waals surface area (Å²) in [7, 11) is 0. The highest BCUT2D eigenvalue weighted by Gasteiger charge is 2.13. The number of thioether (sulfide) groups is 1. The van der Waals surface area contributed by atoms with Gasteiger partial charge in [0.25, 0.3) is 0 Å². The summed E-state index contributed by atoms with van der Waals surface area (Å²) in [6.45, 7) is 1.88. The number of carbonyl (C=O) groups excluding carboxylic acids is 1. The van der Waals surface area contributed by atoms with Crippen LogP contribution in [0.5, 0.6) is 0 Å². The number of thiophene rings is 1. The van der Waals surface area contributed by atoms with E-state index in [4.69, 9.17) is 4.42 Å². The maximum atomic E-state index is 11.9. The van der Waals surface area contributed by atoms with Crippen molar-refractivity contribution in [3.8, 4) is 0 Å². The number of aromatic nitrogens is 3.